The molecule has 1 atom stereocenters. The van der Waals surface area contributed by atoms with Gasteiger partial charge < -0.3 is 14.8 Å². The zero-order valence-corrected chi connectivity index (χ0v) is 19.5. The number of fused-ring (bicyclic) bond motifs is 1. The fourth-order valence-corrected chi connectivity index (χ4v) is 4.29. The zero-order valence-electron chi connectivity index (χ0n) is 16.5. The minimum Gasteiger partial charge on any atom is -0.480 e. The third kappa shape index (κ3) is 4.91. The Kier molecular flexibility index (Phi) is 6.76. The van der Waals surface area contributed by atoms with Crippen LogP contribution in [0.5, 0.6) is 0 Å². The van der Waals surface area contributed by atoms with Crippen molar-refractivity contribution < 1.29 is 19.1 Å². The van der Waals surface area contributed by atoms with Crippen molar-refractivity contribution in [2.24, 2.45) is 0 Å². The lowest BCUT2D eigenvalue weighted by atomic mass is 10.0. The molecule has 4 aromatic rings. The van der Waals surface area contributed by atoms with Gasteiger partial charge in [0.15, 0.2) is 5.58 Å². The van der Waals surface area contributed by atoms with Gasteiger partial charge in [-0.05, 0) is 29.8 Å². The number of nitrogens with zero attached hydrogens (tertiary/aromatic N) is 2. The van der Waals surface area contributed by atoms with E-state index in [4.69, 9.17) is 50.8 Å². The Hall–Kier alpha value is -2.84. The summed E-state index contributed by atoms with van der Waals surface area (Å²) >= 11 is 24.5. The molecule has 4 rings (SSSR count). The maximum absolute atomic E-state index is 12.6. The molecule has 0 saturated heterocycles. The average Bonchev–Trinajstić information content (AvgIpc) is 3.15. The molecule has 0 radical (unpaired) electrons. The van der Waals surface area contributed by atoms with Crippen molar-refractivity contribution >= 4 is 69.4 Å². The van der Waals surface area contributed by atoms with Crippen molar-refractivity contribution in [3.63, 3.8) is 0 Å². The number of halogens is 4. The Morgan fingerprint density at radius 3 is 2.30 bits per heavy atom. The molecule has 1 amide bonds. The third-order valence-electron chi connectivity index (χ3n) is 4.75. The van der Waals surface area contributed by atoms with E-state index in [-0.39, 0.29) is 27.9 Å². The van der Waals surface area contributed by atoms with Crippen LogP contribution in [0.2, 0.25) is 20.1 Å². The van der Waals surface area contributed by atoms with Crippen LogP contribution < -0.4 is 5.32 Å². The molecule has 0 aliphatic carbocycles. The monoisotopic (exact) mass is 523 g/mol. The average molecular weight is 525 g/mol. The second kappa shape index (κ2) is 9.57. The molecule has 0 bridgehead atoms. The number of hydrogen-bond acceptors (Lipinski definition) is 5. The van der Waals surface area contributed by atoms with E-state index < -0.39 is 17.9 Å². The summed E-state index contributed by atoms with van der Waals surface area (Å²) in [5.41, 5.74) is 1.95. The second-order valence-corrected chi connectivity index (χ2v) is 8.59. The Morgan fingerprint density at radius 2 is 1.67 bits per heavy atom. The van der Waals surface area contributed by atoms with E-state index in [9.17, 15) is 14.7 Å². The van der Waals surface area contributed by atoms with E-state index in [2.05, 4.69) is 15.3 Å². The number of aliphatic carboxylic acids is 1. The fourth-order valence-electron chi connectivity index (χ4n) is 3.20. The molecule has 2 aromatic heterocycles. The number of carboxylic acids is 1. The Bertz CT molecular complexity index is 1350. The lowest BCUT2D eigenvalue weighted by Crippen LogP contribution is -2.42. The lowest BCUT2D eigenvalue weighted by Gasteiger charge is -2.15. The van der Waals surface area contributed by atoms with Gasteiger partial charge >= 0.3 is 5.97 Å². The number of aromatic nitrogens is 2. The molecule has 0 aliphatic heterocycles. The van der Waals surface area contributed by atoms with Crippen LogP contribution in [0.3, 0.4) is 0 Å². The molecule has 1 unspecified atom stereocenters. The van der Waals surface area contributed by atoms with Crippen LogP contribution in [0.15, 0.2) is 53.2 Å². The number of pyridine rings is 1. The Balaban J connectivity index is 1.60. The van der Waals surface area contributed by atoms with E-state index >= 15 is 0 Å². The van der Waals surface area contributed by atoms with Gasteiger partial charge in [-0.15, -0.1) is 0 Å². The van der Waals surface area contributed by atoms with Crippen LogP contribution in [-0.4, -0.2) is 33.0 Å². The lowest BCUT2D eigenvalue weighted by molar-refractivity contribution is -0.139. The summed E-state index contributed by atoms with van der Waals surface area (Å²) < 4.78 is 5.82. The number of carbonyl (C=O) groups is 2. The molecule has 0 aliphatic rings. The highest BCUT2D eigenvalue weighted by molar-refractivity contribution is 6.40. The van der Waals surface area contributed by atoms with E-state index in [1.807, 2.05) is 0 Å². The smallest absolute Gasteiger partial charge is 0.326 e. The quantitative estimate of drug-likeness (QED) is 0.324. The van der Waals surface area contributed by atoms with Crippen molar-refractivity contribution in [2.45, 2.75) is 12.5 Å². The summed E-state index contributed by atoms with van der Waals surface area (Å²) in [5.74, 6) is -1.72. The minimum absolute atomic E-state index is 0.0120. The van der Waals surface area contributed by atoms with Gasteiger partial charge in [0.05, 0.1) is 31.2 Å². The molecule has 168 valence electrons. The van der Waals surface area contributed by atoms with E-state index in [1.54, 1.807) is 36.4 Å². The zero-order chi connectivity index (χ0) is 23.7. The molecular formula is C22H13Cl4N3O4. The minimum atomic E-state index is -1.25. The number of nitrogens with one attached hydrogen (secondary N) is 1. The SMILES string of the molecule is O=C(NC(Cc1ccc2nc(-c3c(Cl)cccc3Cl)oc2c1)C(=O)O)c1c(Cl)cncc1Cl. The number of carboxylic acid groups (broad SMARTS) is 1. The number of benzene rings is 2. The maximum Gasteiger partial charge on any atom is 0.326 e. The van der Waals surface area contributed by atoms with Crippen molar-refractivity contribution in [1.82, 2.24) is 15.3 Å². The van der Waals surface area contributed by atoms with Gasteiger partial charge in [-0.25, -0.2) is 9.78 Å². The first-order valence-corrected chi connectivity index (χ1v) is 10.9. The predicted octanol–water partition coefficient (Wildman–Crippen LogP) is 5.93. The fraction of sp³-hybridized carbons (Fsp3) is 0.0909. The third-order valence-corrected chi connectivity index (χ3v) is 5.96. The van der Waals surface area contributed by atoms with Crippen LogP contribution >= 0.6 is 46.4 Å². The first kappa shape index (κ1) is 23.3. The molecule has 7 nitrogen and oxygen atoms in total. The molecule has 2 N–H and O–H groups in total. The molecule has 0 saturated carbocycles. The highest BCUT2D eigenvalue weighted by Gasteiger charge is 2.24. The number of rotatable bonds is 6. The van der Waals surface area contributed by atoms with Gasteiger partial charge in [0.25, 0.3) is 5.91 Å². The summed E-state index contributed by atoms with van der Waals surface area (Å²) in [6.07, 6.45) is 2.47. The van der Waals surface area contributed by atoms with Gasteiger partial charge in [0.1, 0.15) is 11.6 Å². The second-order valence-electron chi connectivity index (χ2n) is 6.96. The van der Waals surface area contributed by atoms with Gasteiger partial charge in [-0.3, -0.25) is 9.78 Å². The van der Waals surface area contributed by atoms with Crippen molar-refractivity contribution in [2.75, 3.05) is 0 Å². The normalized spacial score (nSPS) is 12.0. The van der Waals surface area contributed by atoms with Gasteiger partial charge in [0.2, 0.25) is 5.89 Å². The molecule has 11 heteroatoms. The van der Waals surface area contributed by atoms with E-state index in [1.165, 1.54) is 12.4 Å². The van der Waals surface area contributed by atoms with Gasteiger partial charge in [0, 0.05) is 18.8 Å². The summed E-state index contributed by atoms with van der Waals surface area (Å²) in [6, 6.07) is 8.81. The van der Waals surface area contributed by atoms with Crippen LogP contribution in [-0.2, 0) is 11.2 Å². The van der Waals surface area contributed by atoms with Crippen LogP contribution in [0.1, 0.15) is 15.9 Å². The number of carbonyl (C=O) groups excluding carboxylic acids is 1. The molecule has 0 fully saturated rings. The summed E-state index contributed by atoms with van der Waals surface area (Å²) in [7, 11) is 0. The first-order chi connectivity index (χ1) is 15.7. The van der Waals surface area contributed by atoms with E-state index in [0.29, 0.717) is 32.3 Å². The maximum atomic E-state index is 12.6. The van der Waals surface area contributed by atoms with Gasteiger partial charge in [-0.2, -0.15) is 0 Å². The number of oxazole rings is 1. The van der Waals surface area contributed by atoms with Crippen LogP contribution in [0, 0.1) is 0 Å². The molecule has 33 heavy (non-hydrogen) atoms. The molecule has 2 heterocycles. The van der Waals surface area contributed by atoms with Gasteiger partial charge in [-0.1, -0.05) is 58.5 Å². The standard InChI is InChI=1S/C22H13Cl4N3O4/c23-11-2-1-3-12(24)19(11)21-29-15-5-4-10(7-17(15)33-21)6-16(22(31)32)28-20(30)18-13(25)8-27-9-14(18)26/h1-5,7-9,16H,6H2,(H,28,30)(H,31,32). The van der Waals surface area contributed by atoms with Crippen molar-refractivity contribution in [3.8, 4) is 11.5 Å². The highest BCUT2D eigenvalue weighted by Crippen LogP contribution is 2.35. The highest BCUT2D eigenvalue weighted by atomic mass is 35.5. The molecule has 2 aromatic carbocycles. The Morgan fingerprint density at radius 1 is 1.00 bits per heavy atom. The van der Waals surface area contributed by atoms with Crippen LogP contribution in [0.25, 0.3) is 22.6 Å². The van der Waals surface area contributed by atoms with E-state index in [0.717, 1.165) is 0 Å². The summed E-state index contributed by atoms with van der Waals surface area (Å²) in [4.78, 5) is 32.6. The Labute approximate surface area is 207 Å². The number of amides is 1. The predicted molar refractivity (Wildman–Crippen MR) is 126 cm³/mol. The first-order valence-electron chi connectivity index (χ1n) is 9.41. The summed E-state index contributed by atoms with van der Waals surface area (Å²) in [6.45, 7) is 0. The summed E-state index contributed by atoms with van der Waals surface area (Å²) in [5, 5.41) is 12.9. The molecular weight excluding hydrogens is 512 g/mol. The topological polar surface area (TPSA) is 105 Å². The largest absolute Gasteiger partial charge is 0.480 e. The number of hydrogen-bond donors (Lipinski definition) is 2. The van der Waals surface area contributed by atoms with Crippen molar-refractivity contribution in [3.05, 3.63) is 80.0 Å². The molecule has 0 spiro atoms. The van der Waals surface area contributed by atoms with Crippen molar-refractivity contribution in [1.29, 1.82) is 0 Å². The van der Waals surface area contributed by atoms with Crippen LogP contribution in [0.4, 0.5) is 0 Å².